The lowest BCUT2D eigenvalue weighted by atomic mass is 10.1. The lowest BCUT2D eigenvalue weighted by Crippen LogP contribution is -2.46. The quantitative estimate of drug-likeness (QED) is 0.435. The van der Waals surface area contributed by atoms with Gasteiger partial charge in [0.1, 0.15) is 0 Å². The van der Waals surface area contributed by atoms with E-state index in [0.29, 0.717) is 28.4 Å². The van der Waals surface area contributed by atoms with E-state index in [1.165, 1.54) is 5.56 Å². The first-order valence-electron chi connectivity index (χ1n) is 13.2. The average Bonchev–Trinajstić information content (AvgIpc) is 3.47. The number of anilines is 2. The Hall–Kier alpha value is -3.39. The van der Waals surface area contributed by atoms with Gasteiger partial charge in [-0.15, -0.1) is 0 Å². The van der Waals surface area contributed by atoms with Crippen molar-refractivity contribution in [3.05, 3.63) is 94.5 Å². The number of rotatable bonds is 8. The van der Waals surface area contributed by atoms with Crippen LogP contribution in [0.5, 0.6) is 0 Å². The van der Waals surface area contributed by atoms with Crippen molar-refractivity contribution in [3.63, 3.8) is 0 Å². The zero-order chi connectivity index (χ0) is 26.3. The van der Waals surface area contributed by atoms with Crippen LogP contribution in [0.4, 0.5) is 11.4 Å². The van der Waals surface area contributed by atoms with Crippen LogP contribution < -0.4 is 15.5 Å². The van der Waals surface area contributed by atoms with E-state index in [-0.39, 0.29) is 17.9 Å². The van der Waals surface area contributed by atoms with Crippen LogP contribution in [0.2, 0.25) is 5.02 Å². The fourth-order valence-electron chi connectivity index (χ4n) is 4.99. The van der Waals surface area contributed by atoms with Crippen molar-refractivity contribution in [1.82, 2.24) is 10.2 Å². The van der Waals surface area contributed by atoms with Crippen LogP contribution in [0.3, 0.4) is 0 Å². The molecule has 0 radical (unpaired) electrons. The summed E-state index contributed by atoms with van der Waals surface area (Å²) in [4.78, 5) is 30.8. The number of ether oxygens (including phenoxy) is 1. The summed E-state index contributed by atoms with van der Waals surface area (Å²) in [6.07, 6.45) is 2.03. The third kappa shape index (κ3) is 6.54. The van der Waals surface area contributed by atoms with Gasteiger partial charge >= 0.3 is 0 Å². The van der Waals surface area contributed by atoms with E-state index >= 15 is 0 Å². The predicted octanol–water partition coefficient (Wildman–Crippen LogP) is 4.82. The Morgan fingerprint density at radius 2 is 1.68 bits per heavy atom. The molecule has 0 spiro atoms. The number of amides is 2. The Morgan fingerprint density at radius 3 is 2.42 bits per heavy atom. The molecule has 1 atom stereocenters. The van der Waals surface area contributed by atoms with Crippen LogP contribution >= 0.6 is 11.6 Å². The minimum absolute atomic E-state index is 0.0600. The van der Waals surface area contributed by atoms with E-state index in [9.17, 15) is 9.59 Å². The van der Waals surface area contributed by atoms with Crippen LogP contribution in [0.25, 0.3) is 0 Å². The molecule has 0 bridgehead atoms. The van der Waals surface area contributed by atoms with Crippen molar-refractivity contribution in [2.45, 2.75) is 25.5 Å². The van der Waals surface area contributed by atoms with Crippen LogP contribution in [0, 0.1) is 0 Å². The molecule has 7 nitrogen and oxygen atoms in total. The van der Waals surface area contributed by atoms with Gasteiger partial charge in [-0.2, -0.15) is 0 Å². The summed E-state index contributed by atoms with van der Waals surface area (Å²) in [5.41, 5.74) is 3.66. The number of carbonyl (C=O) groups is 2. The maximum Gasteiger partial charge on any atom is 0.257 e. The molecule has 2 amide bonds. The summed E-state index contributed by atoms with van der Waals surface area (Å²) in [6, 6.07) is 22.9. The first kappa shape index (κ1) is 26.2. The summed E-state index contributed by atoms with van der Waals surface area (Å²) >= 11 is 6.29. The molecule has 0 saturated carbocycles. The van der Waals surface area contributed by atoms with Crippen molar-refractivity contribution < 1.29 is 14.3 Å². The first-order chi connectivity index (χ1) is 18.6. The molecule has 3 aromatic rings. The van der Waals surface area contributed by atoms with Gasteiger partial charge in [0.05, 0.1) is 28.1 Å². The van der Waals surface area contributed by atoms with Crippen molar-refractivity contribution in [2.24, 2.45) is 0 Å². The zero-order valence-electron chi connectivity index (χ0n) is 21.4. The fourth-order valence-corrected chi connectivity index (χ4v) is 5.21. The maximum atomic E-state index is 13.2. The molecule has 3 aromatic carbocycles. The van der Waals surface area contributed by atoms with E-state index in [0.717, 1.165) is 57.9 Å². The molecule has 2 heterocycles. The highest BCUT2D eigenvalue weighted by atomic mass is 35.5. The average molecular weight is 533 g/mol. The lowest BCUT2D eigenvalue weighted by molar-refractivity contribution is 0.0857. The Bertz CT molecular complexity index is 1260. The SMILES string of the molecule is O=C(NCC1CCCO1)c1ccc(N2CCN(Cc3ccccc3)CC2)c(NC(=O)c2ccccc2Cl)c1. The highest BCUT2D eigenvalue weighted by Crippen LogP contribution is 2.30. The van der Waals surface area contributed by atoms with Crippen molar-refractivity contribution in [3.8, 4) is 0 Å². The van der Waals surface area contributed by atoms with Gasteiger partial charge in [-0.05, 0) is 48.7 Å². The minimum Gasteiger partial charge on any atom is -0.376 e. The molecule has 2 fully saturated rings. The summed E-state index contributed by atoms with van der Waals surface area (Å²) in [6.45, 7) is 5.55. The van der Waals surface area contributed by atoms with Crippen molar-refractivity contribution in [2.75, 3.05) is 49.5 Å². The van der Waals surface area contributed by atoms with Gasteiger partial charge in [0.2, 0.25) is 0 Å². The third-order valence-electron chi connectivity index (χ3n) is 7.10. The number of halogens is 1. The molecule has 38 heavy (non-hydrogen) atoms. The van der Waals surface area contributed by atoms with Crippen LogP contribution in [0.15, 0.2) is 72.8 Å². The molecular formula is C30H33ClN4O3. The number of piperazine rings is 1. The molecule has 1 unspecified atom stereocenters. The summed E-state index contributed by atoms with van der Waals surface area (Å²) in [5.74, 6) is -0.496. The molecule has 198 valence electrons. The second-order valence-electron chi connectivity index (χ2n) is 9.76. The molecular weight excluding hydrogens is 500 g/mol. The normalized spacial score (nSPS) is 17.8. The number of carbonyl (C=O) groups excluding carboxylic acids is 2. The number of benzene rings is 3. The van der Waals surface area contributed by atoms with Gasteiger partial charge in [-0.1, -0.05) is 54.1 Å². The van der Waals surface area contributed by atoms with E-state index in [1.54, 1.807) is 30.3 Å². The minimum atomic E-state index is -0.309. The summed E-state index contributed by atoms with van der Waals surface area (Å²) in [7, 11) is 0. The maximum absolute atomic E-state index is 13.2. The monoisotopic (exact) mass is 532 g/mol. The Kier molecular flexibility index (Phi) is 8.58. The second kappa shape index (κ2) is 12.4. The predicted molar refractivity (Wildman–Crippen MR) is 151 cm³/mol. The van der Waals surface area contributed by atoms with Crippen molar-refractivity contribution in [1.29, 1.82) is 0 Å². The largest absolute Gasteiger partial charge is 0.376 e. The first-order valence-corrected chi connectivity index (χ1v) is 13.6. The molecule has 2 N–H and O–H groups in total. The number of hydrogen-bond acceptors (Lipinski definition) is 5. The summed E-state index contributed by atoms with van der Waals surface area (Å²) < 4.78 is 5.63. The smallest absolute Gasteiger partial charge is 0.257 e. The van der Waals surface area contributed by atoms with Gasteiger partial charge in [-0.3, -0.25) is 14.5 Å². The van der Waals surface area contributed by atoms with Crippen LogP contribution in [0.1, 0.15) is 39.1 Å². The standard InChI is InChI=1S/C30H33ClN4O3/c31-26-11-5-4-10-25(26)30(37)33-27-19-23(29(36)32-20-24-9-6-18-38-24)12-13-28(27)35-16-14-34(15-17-35)21-22-7-2-1-3-8-22/h1-5,7-8,10-13,19,24H,6,9,14-18,20-21H2,(H,32,36)(H,33,37). The van der Waals surface area contributed by atoms with E-state index in [1.807, 2.05) is 18.2 Å². The number of nitrogens with one attached hydrogen (secondary N) is 2. The Morgan fingerprint density at radius 1 is 0.921 bits per heavy atom. The highest BCUT2D eigenvalue weighted by Gasteiger charge is 2.23. The number of nitrogens with zero attached hydrogens (tertiary/aromatic N) is 2. The van der Waals surface area contributed by atoms with Crippen LogP contribution in [-0.2, 0) is 11.3 Å². The topological polar surface area (TPSA) is 73.9 Å². The molecule has 8 heteroatoms. The molecule has 2 aliphatic heterocycles. The second-order valence-corrected chi connectivity index (χ2v) is 10.2. The lowest BCUT2D eigenvalue weighted by Gasteiger charge is -2.37. The van der Waals surface area contributed by atoms with Gasteiger partial charge < -0.3 is 20.3 Å². The molecule has 2 aliphatic rings. The number of hydrogen-bond donors (Lipinski definition) is 2. The zero-order valence-corrected chi connectivity index (χ0v) is 22.1. The van der Waals surface area contributed by atoms with Gasteiger partial charge in [0, 0.05) is 51.4 Å². The Labute approximate surface area is 228 Å². The van der Waals surface area contributed by atoms with E-state index in [4.69, 9.17) is 16.3 Å². The van der Waals surface area contributed by atoms with E-state index < -0.39 is 0 Å². The molecule has 0 aliphatic carbocycles. The van der Waals surface area contributed by atoms with Gasteiger partial charge in [0.25, 0.3) is 11.8 Å². The molecule has 2 saturated heterocycles. The summed E-state index contributed by atoms with van der Waals surface area (Å²) in [5, 5.41) is 6.38. The molecule has 5 rings (SSSR count). The third-order valence-corrected chi connectivity index (χ3v) is 7.43. The van der Waals surface area contributed by atoms with Gasteiger partial charge in [-0.25, -0.2) is 0 Å². The van der Waals surface area contributed by atoms with Gasteiger partial charge in [0.15, 0.2) is 0 Å². The molecule has 0 aromatic heterocycles. The van der Waals surface area contributed by atoms with E-state index in [2.05, 4.69) is 44.7 Å². The van der Waals surface area contributed by atoms with Crippen LogP contribution in [-0.4, -0.2) is 62.1 Å². The fraction of sp³-hybridized carbons (Fsp3) is 0.333. The van der Waals surface area contributed by atoms with Crippen molar-refractivity contribution >= 4 is 34.8 Å². The highest BCUT2D eigenvalue weighted by molar-refractivity contribution is 6.34. The Balaban J connectivity index is 1.32.